The lowest BCUT2D eigenvalue weighted by atomic mass is 9.83. The molecule has 0 saturated carbocycles. The molecule has 1 saturated heterocycles. The van der Waals surface area contributed by atoms with E-state index in [1.165, 1.54) is 31.5 Å². The molecule has 1 fully saturated rings. The molecule has 2 heterocycles. The van der Waals surface area contributed by atoms with Crippen LogP contribution in [0.2, 0.25) is 0 Å². The zero-order chi connectivity index (χ0) is 13.1. The van der Waals surface area contributed by atoms with Crippen LogP contribution in [0.3, 0.4) is 0 Å². The summed E-state index contributed by atoms with van der Waals surface area (Å²) in [6, 6.07) is 4.95. The minimum Gasteiger partial charge on any atom is -0.378 e. The van der Waals surface area contributed by atoms with Crippen LogP contribution < -0.4 is 9.80 Å². The lowest BCUT2D eigenvalue weighted by Crippen LogP contribution is -2.56. The van der Waals surface area contributed by atoms with Crippen molar-refractivity contribution in [1.82, 2.24) is 4.98 Å². The highest BCUT2D eigenvalue weighted by molar-refractivity contribution is 5.56. The summed E-state index contributed by atoms with van der Waals surface area (Å²) in [5.41, 5.74) is 1.23. The average molecular weight is 247 g/mol. The van der Waals surface area contributed by atoms with E-state index in [1.807, 2.05) is 6.20 Å². The molecule has 1 aliphatic heterocycles. The Labute approximate surface area is 111 Å². The molecule has 0 amide bonds. The van der Waals surface area contributed by atoms with Crippen LogP contribution in [-0.4, -0.2) is 31.7 Å². The molecule has 2 unspecified atom stereocenters. The van der Waals surface area contributed by atoms with Gasteiger partial charge in [-0.2, -0.15) is 0 Å². The Morgan fingerprint density at radius 2 is 2.17 bits per heavy atom. The maximum atomic E-state index is 4.54. The molecule has 2 rings (SSSR count). The molecule has 0 N–H and O–H groups in total. The number of nitrogens with zero attached hydrogens (tertiary/aromatic N) is 3. The average Bonchev–Trinajstić information content (AvgIpc) is 2.34. The molecule has 1 aliphatic rings. The number of pyridine rings is 1. The molecule has 0 spiro atoms. The van der Waals surface area contributed by atoms with Crippen molar-refractivity contribution in [3.05, 3.63) is 18.3 Å². The highest BCUT2D eigenvalue weighted by Gasteiger charge is 2.37. The fourth-order valence-corrected chi connectivity index (χ4v) is 2.94. The summed E-state index contributed by atoms with van der Waals surface area (Å²) in [7, 11) is 4.15. The van der Waals surface area contributed by atoms with Crippen molar-refractivity contribution in [3.8, 4) is 0 Å². The van der Waals surface area contributed by atoms with Crippen LogP contribution in [0.4, 0.5) is 11.5 Å². The van der Waals surface area contributed by atoms with E-state index in [0.717, 1.165) is 11.7 Å². The quantitative estimate of drug-likeness (QED) is 0.796. The van der Waals surface area contributed by atoms with Gasteiger partial charge in [0.1, 0.15) is 5.82 Å². The summed E-state index contributed by atoms with van der Waals surface area (Å²) in [6.07, 6.45) is 5.78. The van der Waals surface area contributed by atoms with Crippen molar-refractivity contribution in [2.24, 2.45) is 5.92 Å². The lowest BCUT2D eigenvalue weighted by molar-refractivity contribution is 0.264. The zero-order valence-corrected chi connectivity index (χ0v) is 12.1. The van der Waals surface area contributed by atoms with E-state index in [0.29, 0.717) is 6.04 Å². The summed E-state index contributed by atoms with van der Waals surface area (Å²) < 4.78 is 0. The van der Waals surface area contributed by atoms with Gasteiger partial charge >= 0.3 is 0 Å². The van der Waals surface area contributed by atoms with Crippen molar-refractivity contribution in [1.29, 1.82) is 0 Å². The molecule has 18 heavy (non-hydrogen) atoms. The minimum absolute atomic E-state index is 0.690. The van der Waals surface area contributed by atoms with Gasteiger partial charge in [0.15, 0.2) is 0 Å². The van der Waals surface area contributed by atoms with Crippen LogP contribution in [-0.2, 0) is 0 Å². The maximum Gasteiger partial charge on any atom is 0.130 e. The Morgan fingerprint density at radius 3 is 2.78 bits per heavy atom. The Morgan fingerprint density at radius 1 is 1.39 bits per heavy atom. The highest BCUT2D eigenvalue weighted by atomic mass is 15.3. The predicted molar refractivity (Wildman–Crippen MR) is 78.4 cm³/mol. The highest BCUT2D eigenvalue weighted by Crippen LogP contribution is 2.35. The molecule has 0 radical (unpaired) electrons. The van der Waals surface area contributed by atoms with E-state index < -0.39 is 0 Å². The van der Waals surface area contributed by atoms with Crippen molar-refractivity contribution >= 4 is 11.5 Å². The second-order valence-corrected chi connectivity index (χ2v) is 5.44. The molecular formula is C15H25N3. The normalized spacial score (nSPS) is 22.8. The fraction of sp³-hybridized carbons (Fsp3) is 0.667. The second-order valence-electron chi connectivity index (χ2n) is 5.44. The third-order valence-electron chi connectivity index (χ3n) is 3.99. The smallest absolute Gasteiger partial charge is 0.130 e. The number of aromatic nitrogens is 1. The van der Waals surface area contributed by atoms with Crippen molar-refractivity contribution in [2.45, 2.75) is 39.2 Å². The zero-order valence-electron chi connectivity index (χ0n) is 12.1. The van der Waals surface area contributed by atoms with Crippen LogP contribution >= 0.6 is 0 Å². The summed E-state index contributed by atoms with van der Waals surface area (Å²) in [6.45, 7) is 5.74. The first-order chi connectivity index (χ1) is 8.67. The number of hydrogen-bond donors (Lipinski definition) is 0. The van der Waals surface area contributed by atoms with Gasteiger partial charge in [-0.3, -0.25) is 0 Å². The van der Waals surface area contributed by atoms with E-state index >= 15 is 0 Å². The van der Waals surface area contributed by atoms with Crippen molar-refractivity contribution in [2.75, 3.05) is 30.4 Å². The van der Waals surface area contributed by atoms with Crippen LogP contribution in [0.25, 0.3) is 0 Å². The molecule has 0 aliphatic carbocycles. The fourth-order valence-electron chi connectivity index (χ4n) is 2.94. The molecule has 0 aromatic carbocycles. The Bertz CT molecular complexity index is 389. The van der Waals surface area contributed by atoms with Gasteiger partial charge in [0.2, 0.25) is 0 Å². The van der Waals surface area contributed by atoms with Gasteiger partial charge in [-0.15, -0.1) is 0 Å². The molecule has 1 aromatic rings. The summed E-state index contributed by atoms with van der Waals surface area (Å²) in [5.74, 6) is 2.00. The van der Waals surface area contributed by atoms with Gasteiger partial charge in [-0.25, -0.2) is 4.98 Å². The number of anilines is 2. The van der Waals surface area contributed by atoms with Gasteiger partial charge < -0.3 is 9.80 Å². The van der Waals surface area contributed by atoms with E-state index in [2.05, 4.69) is 54.9 Å². The van der Waals surface area contributed by atoms with Gasteiger partial charge in [0, 0.05) is 44.6 Å². The third kappa shape index (κ3) is 2.45. The maximum absolute atomic E-state index is 4.54. The van der Waals surface area contributed by atoms with Gasteiger partial charge in [0.05, 0.1) is 0 Å². The van der Waals surface area contributed by atoms with Crippen molar-refractivity contribution in [3.63, 3.8) is 0 Å². The molecule has 2 atom stereocenters. The number of rotatable bonds is 5. The molecule has 1 aromatic heterocycles. The predicted octanol–water partition coefficient (Wildman–Crippen LogP) is 3.16. The first-order valence-corrected chi connectivity index (χ1v) is 7.07. The summed E-state index contributed by atoms with van der Waals surface area (Å²) in [5, 5.41) is 0. The molecule has 3 nitrogen and oxygen atoms in total. The monoisotopic (exact) mass is 247 g/mol. The molecule has 3 heteroatoms. The summed E-state index contributed by atoms with van der Waals surface area (Å²) >= 11 is 0. The van der Waals surface area contributed by atoms with Gasteiger partial charge in [-0.1, -0.05) is 20.3 Å². The molecule has 0 bridgehead atoms. The van der Waals surface area contributed by atoms with Crippen molar-refractivity contribution < 1.29 is 0 Å². The van der Waals surface area contributed by atoms with Crippen LogP contribution in [0.5, 0.6) is 0 Å². The van der Waals surface area contributed by atoms with Crippen LogP contribution in [0.1, 0.15) is 33.1 Å². The Hall–Kier alpha value is -1.25. The Balaban J connectivity index is 2.10. The topological polar surface area (TPSA) is 19.4 Å². The standard InChI is InChI=1S/C15H25N3/c1-5-7-12-11-18(14(12)6-2)15-10-13(17(3)4)8-9-16-15/h8-10,12,14H,5-7,11H2,1-4H3. The van der Waals surface area contributed by atoms with E-state index in [1.54, 1.807) is 0 Å². The molecular weight excluding hydrogens is 222 g/mol. The summed E-state index contributed by atoms with van der Waals surface area (Å²) in [4.78, 5) is 9.14. The largest absolute Gasteiger partial charge is 0.378 e. The first-order valence-electron chi connectivity index (χ1n) is 7.07. The van der Waals surface area contributed by atoms with E-state index in [4.69, 9.17) is 0 Å². The van der Waals surface area contributed by atoms with Gasteiger partial charge in [0.25, 0.3) is 0 Å². The second kappa shape index (κ2) is 5.59. The minimum atomic E-state index is 0.690. The Kier molecular flexibility index (Phi) is 4.10. The third-order valence-corrected chi connectivity index (χ3v) is 3.99. The lowest BCUT2D eigenvalue weighted by Gasteiger charge is -2.49. The van der Waals surface area contributed by atoms with Crippen LogP contribution in [0.15, 0.2) is 18.3 Å². The van der Waals surface area contributed by atoms with Crippen LogP contribution in [0, 0.1) is 5.92 Å². The SMILES string of the molecule is CCCC1CN(c2cc(N(C)C)ccn2)C1CC. The molecule has 100 valence electrons. The van der Waals surface area contributed by atoms with E-state index in [9.17, 15) is 0 Å². The van der Waals surface area contributed by atoms with E-state index in [-0.39, 0.29) is 0 Å². The number of hydrogen-bond acceptors (Lipinski definition) is 3. The first kappa shape index (κ1) is 13.2. The van der Waals surface area contributed by atoms with Gasteiger partial charge in [-0.05, 0) is 24.8 Å².